The van der Waals surface area contributed by atoms with Gasteiger partial charge in [0.15, 0.2) is 5.82 Å². The molecule has 4 heterocycles. The van der Waals surface area contributed by atoms with E-state index in [1.165, 1.54) is 16.0 Å². The second-order valence-corrected chi connectivity index (χ2v) is 10.1. The lowest BCUT2D eigenvalue weighted by Gasteiger charge is -2.33. The predicted octanol–water partition coefficient (Wildman–Crippen LogP) is 3.37. The normalized spacial score (nSPS) is 17.9. The molecule has 0 atom stereocenters. The number of benzene rings is 1. The second-order valence-electron chi connectivity index (χ2n) is 8.87. The SMILES string of the molecule is Cc1sc2c(c1C)C(c1ccc(B3OCC(C)(C)CO3)cc1)=NCc1nnc(C)n1-2. The number of hydrogen-bond donors (Lipinski definition) is 0. The van der Waals surface area contributed by atoms with E-state index < -0.39 is 0 Å². The predicted molar refractivity (Wildman–Crippen MR) is 120 cm³/mol. The molecule has 0 unspecified atom stereocenters. The third kappa shape index (κ3) is 3.23. The summed E-state index contributed by atoms with van der Waals surface area (Å²) >= 11 is 1.78. The molecule has 1 saturated heterocycles. The first-order valence-corrected chi connectivity index (χ1v) is 11.1. The zero-order valence-corrected chi connectivity index (χ0v) is 18.8. The van der Waals surface area contributed by atoms with E-state index in [0.717, 1.165) is 33.4 Å². The average molecular weight is 420 g/mol. The number of aromatic nitrogens is 3. The molecule has 2 aliphatic rings. The number of fused-ring (bicyclic) bond motifs is 3. The summed E-state index contributed by atoms with van der Waals surface area (Å²) in [5, 5.41) is 9.78. The molecule has 3 aromatic rings. The van der Waals surface area contributed by atoms with E-state index in [9.17, 15) is 0 Å². The highest BCUT2D eigenvalue weighted by Crippen LogP contribution is 2.36. The van der Waals surface area contributed by atoms with Gasteiger partial charge in [-0.3, -0.25) is 9.56 Å². The zero-order valence-electron chi connectivity index (χ0n) is 18.0. The van der Waals surface area contributed by atoms with Crippen molar-refractivity contribution in [1.82, 2.24) is 14.8 Å². The van der Waals surface area contributed by atoms with Crippen molar-refractivity contribution in [2.75, 3.05) is 13.2 Å². The highest BCUT2D eigenvalue weighted by atomic mass is 32.1. The van der Waals surface area contributed by atoms with Crippen LogP contribution in [0.1, 0.15) is 47.1 Å². The first kappa shape index (κ1) is 19.7. The van der Waals surface area contributed by atoms with Gasteiger partial charge in [0.05, 0.1) is 5.71 Å². The van der Waals surface area contributed by atoms with Gasteiger partial charge in [-0.1, -0.05) is 38.1 Å². The maximum absolute atomic E-state index is 5.94. The van der Waals surface area contributed by atoms with Gasteiger partial charge in [-0.2, -0.15) is 0 Å². The maximum atomic E-state index is 5.94. The molecule has 0 spiro atoms. The van der Waals surface area contributed by atoms with Gasteiger partial charge in [-0.05, 0) is 31.8 Å². The molecule has 154 valence electrons. The smallest absolute Gasteiger partial charge is 0.407 e. The van der Waals surface area contributed by atoms with Crippen LogP contribution in [-0.4, -0.2) is 40.8 Å². The van der Waals surface area contributed by atoms with Crippen LogP contribution < -0.4 is 5.46 Å². The Morgan fingerprint density at radius 3 is 2.43 bits per heavy atom. The Kier molecular flexibility index (Phi) is 4.69. The van der Waals surface area contributed by atoms with Crippen LogP contribution in [0.5, 0.6) is 0 Å². The standard InChI is InChI=1S/C22H25BN4O2S/c1-13-14(2)30-21-19(13)20(24-10-18-26-25-15(3)27(18)21)16-6-8-17(9-7-16)23-28-11-22(4,5)12-29-23/h6-9H,10-12H2,1-5H3. The maximum Gasteiger partial charge on any atom is 0.493 e. The summed E-state index contributed by atoms with van der Waals surface area (Å²) in [6.45, 7) is 12.5. The lowest BCUT2D eigenvalue weighted by Crippen LogP contribution is -2.47. The summed E-state index contributed by atoms with van der Waals surface area (Å²) < 4.78 is 14.0. The molecular formula is C22H25BN4O2S. The second kappa shape index (κ2) is 7.15. The Balaban J connectivity index is 1.51. The van der Waals surface area contributed by atoms with Crippen LogP contribution in [0.25, 0.3) is 5.00 Å². The molecule has 0 bridgehead atoms. The molecule has 2 aliphatic heterocycles. The van der Waals surface area contributed by atoms with E-state index >= 15 is 0 Å². The molecule has 6 nitrogen and oxygen atoms in total. The monoisotopic (exact) mass is 420 g/mol. The zero-order chi connectivity index (χ0) is 21.0. The van der Waals surface area contributed by atoms with E-state index in [-0.39, 0.29) is 12.5 Å². The van der Waals surface area contributed by atoms with Crippen molar-refractivity contribution in [1.29, 1.82) is 0 Å². The van der Waals surface area contributed by atoms with Gasteiger partial charge < -0.3 is 9.31 Å². The van der Waals surface area contributed by atoms with Gasteiger partial charge in [-0.25, -0.2) is 0 Å². The Morgan fingerprint density at radius 2 is 1.73 bits per heavy atom. The minimum atomic E-state index is -0.303. The molecule has 0 aliphatic carbocycles. The van der Waals surface area contributed by atoms with Gasteiger partial charge in [-0.15, -0.1) is 21.5 Å². The summed E-state index contributed by atoms with van der Waals surface area (Å²) in [5.41, 5.74) is 5.64. The lowest BCUT2D eigenvalue weighted by atomic mass is 9.75. The number of thiophene rings is 1. The highest BCUT2D eigenvalue weighted by Gasteiger charge is 2.33. The first-order chi connectivity index (χ1) is 14.3. The summed E-state index contributed by atoms with van der Waals surface area (Å²) in [5.74, 6) is 1.78. The fourth-order valence-corrected chi connectivity index (χ4v) is 5.19. The van der Waals surface area contributed by atoms with E-state index in [0.29, 0.717) is 19.8 Å². The fourth-order valence-electron chi connectivity index (χ4n) is 3.97. The molecule has 0 saturated carbocycles. The summed E-state index contributed by atoms with van der Waals surface area (Å²) in [6.07, 6.45) is 0. The number of aryl methyl sites for hydroxylation is 2. The van der Waals surface area contributed by atoms with Crippen molar-refractivity contribution in [3.05, 3.63) is 57.5 Å². The minimum Gasteiger partial charge on any atom is -0.407 e. The van der Waals surface area contributed by atoms with Gasteiger partial charge in [0.1, 0.15) is 17.4 Å². The van der Waals surface area contributed by atoms with Crippen molar-refractivity contribution >= 4 is 29.6 Å². The molecule has 0 amide bonds. The molecule has 30 heavy (non-hydrogen) atoms. The van der Waals surface area contributed by atoms with Gasteiger partial charge >= 0.3 is 7.12 Å². The minimum absolute atomic E-state index is 0.0633. The van der Waals surface area contributed by atoms with Crippen molar-refractivity contribution in [3.63, 3.8) is 0 Å². The summed E-state index contributed by atoms with van der Waals surface area (Å²) in [7, 11) is -0.303. The topological polar surface area (TPSA) is 61.5 Å². The first-order valence-electron chi connectivity index (χ1n) is 10.2. The Morgan fingerprint density at radius 1 is 1.03 bits per heavy atom. The summed E-state index contributed by atoms with van der Waals surface area (Å²) in [6, 6.07) is 8.42. The third-order valence-corrected chi connectivity index (χ3v) is 6.98. The van der Waals surface area contributed by atoms with E-state index in [2.05, 4.69) is 66.7 Å². The molecule has 0 N–H and O–H groups in total. The van der Waals surface area contributed by atoms with Crippen molar-refractivity contribution in [3.8, 4) is 5.00 Å². The summed E-state index contributed by atoms with van der Waals surface area (Å²) in [4.78, 5) is 6.25. The molecule has 0 radical (unpaired) electrons. The van der Waals surface area contributed by atoms with Gasteiger partial charge in [0, 0.05) is 34.6 Å². The van der Waals surface area contributed by atoms with Crippen molar-refractivity contribution in [2.45, 2.75) is 41.2 Å². The van der Waals surface area contributed by atoms with Crippen LogP contribution in [0, 0.1) is 26.2 Å². The fraction of sp³-hybridized carbons (Fsp3) is 0.409. The van der Waals surface area contributed by atoms with E-state index in [1.54, 1.807) is 11.3 Å². The molecule has 8 heteroatoms. The lowest BCUT2D eigenvalue weighted by molar-refractivity contribution is 0.0343. The van der Waals surface area contributed by atoms with Crippen LogP contribution >= 0.6 is 11.3 Å². The van der Waals surface area contributed by atoms with Crippen LogP contribution in [0.4, 0.5) is 0 Å². The van der Waals surface area contributed by atoms with Crippen LogP contribution in [0.15, 0.2) is 29.3 Å². The van der Waals surface area contributed by atoms with Crippen molar-refractivity contribution < 1.29 is 9.31 Å². The number of nitrogens with zero attached hydrogens (tertiary/aromatic N) is 4. The van der Waals surface area contributed by atoms with Crippen LogP contribution in [0.2, 0.25) is 0 Å². The molecule has 5 rings (SSSR count). The average Bonchev–Trinajstić information content (AvgIpc) is 3.16. The van der Waals surface area contributed by atoms with Crippen LogP contribution in [0.3, 0.4) is 0 Å². The highest BCUT2D eigenvalue weighted by molar-refractivity contribution is 7.15. The van der Waals surface area contributed by atoms with Crippen LogP contribution in [-0.2, 0) is 15.9 Å². The number of rotatable bonds is 2. The molecular weight excluding hydrogens is 395 g/mol. The molecule has 1 aromatic carbocycles. The Bertz CT molecular complexity index is 1140. The Labute approximate surface area is 181 Å². The van der Waals surface area contributed by atoms with E-state index in [4.69, 9.17) is 14.3 Å². The number of aliphatic imine (C=N–C) groups is 1. The Hall–Kier alpha value is -2.29. The van der Waals surface area contributed by atoms with Gasteiger partial charge in [0.2, 0.25) is 0 Å². The number of hydrogen-bond acceptors (Lipinski definition) is 6. The molecule has 2 aromatic heterocycles. The van der Waals surface area contributed by atoms with Gasteiger partial charge in [0.25, 0.3) is 0 Å². The largest absolute Gasteiger partial charge is 0.493 e. The quantitative estimate of drug-likeness (QED) is 0.597. The molecule has 1 fully saturated rings. The third-order valence-electron chi connectivity index (χ3n) is 5.78. The van der Waals surface area contributed by atoms with Crippen molar-refractivity contribution in [2.24, 2.45) is 10.4 Å². The van der Waals surface area contributed by atoms with E-state index in [1.807, 2.05) is 6.92 Å².